The van der Waals surface area contributed by atoms with Crippen molar-refractivity contribution in [1.29, 1.82) is 0 Å². The van der Waals surface area contributed by atoms with Crippen LogP contribution in [0.3, 0.4) is 0 Å². The number of carbonyl (C=O) groups excluding carboxylic acids is 1. The molecule has 1 aromatic heterocycles. The highest BCUT2D eigenvalue weighted by Gasteiger charge is 2.37. The van der Waals surface area contributed by atoms with E-state index in [2.05, 4.69) is 9.72 Å². The fourth-order valence-corrected chi connectivity index (χ4v) is 2.57. The van der Waals surface area contributed by atoms with Crippen LogP contribution >= 0.6 is 22.9 Å². The molecule has 0 radical (unpaired) electrons. The Balaban J connectivity index is 2.61. The van der Waals surface area contributed by atoms with E-state index < -0.39 is 17.2 Å². The lowest BCUT2D eigenvalue weighted by molar-refractivity contribution is -0.137. The van der Waals surface area contributed by atoms with Crippen molar-refractivity contribution in [3.8, 4) is 11.3 Å². The Morgan fingerprint density at radius 2 is 2.10 bits per heavy atom. The van der Waals surface area contributed by atoms with E-state index in [0.717, 1.165) is 7.11 Å². The van der Waals surface area contributed by atoms with Gasteiger partial charge in [0.05, 0.1) is 12.8 Å². The number of esters is 1. The molecule has 0 N–H and O–H groups in total. The fraction of sp³-hybridized carbons (Fsp3) is 0.167. The molecule has 20 heavy (non-hydrogen) atoms. The van der Waals surface area contributed by atoms with Gasteiger partial charge in [-0.05, 0) is 12.1 Å². The van der Waals surface area contributed by atoms with Crippen LogP contribution in [0.1, 0.15) is 14.7 Å². The molecular formula is C12H7ClF3NO2S. The molecule has 0 saturated heterocycles. The van der Waals surface area contributed by atoms with Gasteiger partial charge in [0.1, 0.15) is 4.88 Å². The molecule has 0 aliphatic carbocycles. The van der Waals surface area contributed by atoms with Crippen molar-refractivity contribution < 1.29 is 22.7 Å². The Hall–Kier alpha value is -1.60. The molecule has 106 valence electrons. The summed E-state index contributed by atoms with van der Waals surface area (Å²) < 4.78 is 42.6. The Bertz CT molecular complexity index is 654. The summed E-state index contributed by atoms with van der Waals surface area (Å²) in [4.78, 5) is 14.9. The van der Waals surface area contributed by atoms with E-state index in [1.807, 2.05) is 0 Å². The topological polar surface area (TPSA) is 39.2 Å². The second-order valence-corrected chi connectivity index (χ2v) is 5.13. The molecule has 1 heterocycles. The van der Waals surface area contributed by atoms with E-state index in [-0.39, 0.29) is 21.9 Å². The molecule has 8 heteroatoms. The van der Waals surface area contributed by atoms with Crippen molar-refractivity contribution in [2.24, 2.45) is 0 Å². The van der Waals surface area contributed by atoms with Gasteiger partial charge in [0.2, 0.25) is 0 Å². The first-order valence-electron chi connectivity index (χ1n) is 5.25. The molecule has 2 aromatic rings. The molecule has 0 unspecified atom stereocenters. The average Bonchev–Trinajstić information content (AvgIpc) is 2.82. The quantitative estimate of drug-likeness (QED) is 0.775. The number of methoxy groups -OCH3 is 1. The highest BCUT2D eigenvalue weighted by molar-refractivity contribution is 7.14. The minimum Gasteiger partial charge on any atom is -0.465 e. The molecule has 0 aliphatic rings. The van der Waals surface area contributed by atoms with E-state index in [9.17, 15) is 18.0 Å². The number of thiazole rings is 1. The van der Waals surface area contributed by atoms with E-state index in [0.29, 0.717) is 10.6 Å². The maximum Gasteiger partial charge on any atom is 0.443 e. The Morgan fingerprint density at radius 1 is 1.40 bits per heavy atom. The third-order valence-corrected chi connectivity index (χ3v) is 3.65. The van der Waals surface area contributed by atoms with Crippen molar-refractivity contribution in [1.82, 2.24) is 4.98 Å². The lowest BCUT2D eigenvalue weighted by Crippen LogP contribution is -2.03. The minimum atomic E-state index is -4.62. The Labute approximate surface area is 121 Å². The number of rotatable bonds is 2. The molecule has 3 nitrogen and oxygen atoms in total. The normalized spacial score (nSPS) is 11.4. The van der Waals surface area contributed by atoms with Crippen LogP contribution < -0.4 is 0 Å². The van der Waals surface area contributed by atoms with Crippen molar-refractivity contribution in [3.05, 3.63) is 39.2 Å². The molecule has 0 saturated carbocycles. The van der Waals surface area contributed by atoms with Crippen molar-refractivity contribution in [2.45, 2.75) is 6.18 Å². The lowest BCUT2D eigenvalue weighted by Gasteiger charge is -2.01. The summed E-state index contributed by atoms with van der Waals surface area (Å²) >= 11 is 6.04. The van der Waals surface area contributed by atoms with Gasteiger partial charge in [-0.1, -0.05) is 23.7 Å². The van der Waals surface area contributed by atoms with Gasteiger partial charge in [-0.25, -0.2) is 9.78 Å². The van der Waals surface area contributed by atoms with E-state index >= 15 is 0 Å². The summed E-state index contributed by atoms with van der Waals surface area (Å²) in [6.07, 6.45) is -4.62. The summed E-state index contributed by atoms with van der Waals surface area (Å²) in [6, 6.07) is 6.09. The smallest absolute Gasteiger partial charge is 0.443 e. The monoisotopic (exact) mass is 321 g/mol. The molecule has 0 spiro atoms. The largest absolute Gasteiger partial charge is 0.465 e. The standard InChI is InChI=1S/C12H7ClF3NO2S/c1-19-10(18)9-8(6-3-2-4-7(13)5-6)17-11(20-9)12(14,15)16/h2-5H,1H3. The van der Waals surface area contributed by atoms with Crippen LogP contribution in [-0.4, -0.2) is 18.1 Å². The zero-order valence-electron chi connectivity index (χ0n) is 9.99. The SMILES string of the molecule is COC(=O)c1sc(C(F)(F)F)nc1-c1cccc(Cl)c1. The lowest BCUT2D eigenvalue weighted by atomic mass is 10.1. The first-order valence-corrected chi connectivity index (χ1v) is 6.44. The number of hydrogen-bond acceptors (Lipinski definition) is 4. The predicted molar refractivity (Wildman–Crippen MR) is 68.9 cm³/mol. The summed E-state index contributed by atoms with van der Waals surface area (Å²) in [5.74, 6) is -0.868. The number of ether oxygens (including phenoxy) is 1. The molecule has 0 amide bonds. The third kappa shape index (κ3) is 2.94. The van der Waals surface area contributed by atoms with Crippen LogP contribution in [0.25, 0.3) is 11.3 Å². The average molecular weight is 322 g/mol. The van der Waals surface area contributed by atoms with Gasteiger partial charge >= 0.3 is 12.1 Å². The zero-order chi connectivity index (χ0) is 14.9. The third-order valence-electron chi connectivity index (χ3n) is 2.34. The first kappa shape index (κ1) is 14.8. The summed E-state index contributed by atoms with van der Waals surface area (Å²) in [5.41, 5.74) is 0.237. The van der Waals surface area contributed by atoms with Gasteiger partial charge in [0, 0.05) is 10.6 Å². The number of aromatic nitrogens is 1. The van der Waals surface area contributed by atoms with Crippen LogP contribution in [0.4, 0.5) is 13.2 Å². The van der Waals surface area contributed by atoms with Gasteiger partial charge in [-0.3, -0.25) is 0 Å². The van der Waals surface area contributed by atoms with E-state index in [4.69, 9.17) is 11.6 Å². The fourth-order valence-electron chi connectivity index (χ4n) is 1.50. The van der Waals surface area contributed by atoms with Crippen LogP contribution in [0, 0.1) is 0 Å². The highest BCUT2D eigenvalue weighted by atomic mass is 35.5. The van der Waals surface area contributed by atoms with Crippen LogP contribution in [-0.2, 0) is 10.9 Å². The minimum absolute atomic E-state index is 0.0864. The molecule has 0 aliphatic heterocycles. The summed E-state index contributed by atoms with van der Waals surface area (Å²) in [6.45, 7) is 0. The summed E-state index contributed by atoms with van der Waals surface area (Å²) in [5, 5.41) is -0.771. The number of nitrogens with zero attached hydrogens (tertiary/aromatic N) is 1. The maximum absolute atomic E-state index is 12.7. The van der Waals surface area contributed by atoms with Crippen LogP contribution in [0.5, 0.6) is 0 Å². The van der Waals surface area contributed by atoms with Gasteiger partial charge in [-0.15, -0.1) is 11.3 Å². The first-order chi connectivity index (χ1) is 9.32. The maximum atomic E-state index is 12.7. The molecule has 1 aromatic carbocycles. The van der Waals surface area contributed by atoms with E-state index in [1.165, 1.54) is 12.1 Å². The molecule has 2 rings (SSSR count). The van der Waals surface area contributed by atoms with Gasteiger partial charge in [-0.2, -0.15) is 13.2 Å². The number of benzene rings is 1. The van der Waals surface area contributed by atoms with Crippen LogP contribution in [0.2, 0.25) is 5.02 Å². The summed E-state index contributed by atoms with van der Waals surface area (Å²) in [7, 11) is 1.09. The second kappa shape index (κ2) is 5.41. The van der Waals surface area contributed by atoms with Crippen molar-refractivity contribution in [2.75, 3.05) is 7.11 Å². The second-order valence-electron chi connectivity index (χ2n) is 3.70. The van der Waals surface area contributed by atoms with Crippen molar-refractivity contribution in [3.63, 3.8) is 0 Å². The van der Waals surface area contributed by atoms with Gasteiger partial charge in [0.25, 0.3) is 0 Å². The number of carbonyl (C=O) groups is 1. The number of alkyl halides is 3. The Kier molecular flexibility index (Phi) is 4.01. The Morgan fingerprint density at radius 3 is 2.65 bits per heavy atom. The number of hydrogen-bond donors (Lipinski definition) is 0. The van der Waals surface area contributed by atoms with Crippen molar-refractivity contribution >= 4 is 28.9 Å². The van der Waals surface area contributed by atoms with E-state index in [1.54, 1.807) is 12.1 Å². The molecule has 0 bridgehead atoms. The highest BCUT2D eigenvalue weighted by Crippen LogP contribution is 2.38. The molecule has 0 fully saturated rings. The zero-order valence-corrected chi connectivity index (χ0v) is 11.6. The molecular weight excluding hydrogens is 315 g/mol. The molecule has 0 atom stereocenters. The van der Waals surface area contributed by atoms with Crippen LogP contribution in [0.15, 0.2) is 24.3 Å². The van der Waals surface area contributed by atoms with Gasteiger partial charge in [0.15, 0.2) is 5.01 Å². The number of halogens is 4. The predicted octanol–water partition coefficient (Wildman–Crippen LogP) is 4.27. The van der Waals surface area contributed by atoms with Gasteiger partial charge < -0.3 is 4.74 Å².